The zero-order valence-electron chi connectivity index (χ0n) is 11.4. The Balaban J connectivity index is 2.25. The summed E-state index contributed by atoms with van der Waals surface area (Å²) >= 11 is 0. The third-order valence-electron chi connectivity index (χ3n) is 3.15. The number of carbonyl (C=O) groups excluding carboxylic acids is 2. The number of nitrogens with one attached hydrogen (secondary N) is 2. The number of rotatable bonds is 4. The quantitative estimate of drug-likeness (QED) is 0.623. The second-order valence-electron chi connectivity index (χ2n) is 5.13. The average Bonchev–Trinajstić information content (AvgIpc) is 2.77. The third-order valence-corrected chi connectivity index (χ3v) is 3.15. The summed E-state index contributed by atoms with van der Waals surface area (Å²) < 4.78 is 0. The number of H-pyrrole nitrogens is 1. The molecule has 1 unspecified atom stereocenters. The van der Waals surface area contributed by atoms with Gasteiger partial charge in [0.2, 0.25) is 5.91 Å². The van der Waals surface area contributed by atoms with E-state index >= 15 is 0 Å². The molecule has 0 spiro atoms. The molecule has 1 aromatic carbocycles. The molecule has 2 aromatic rings. The van der Waals surface area contributed by atoms with Gasteiger partial charge in [-0.15, -0.1) is 0 Å². The molecule has 20 heavy (non-hydrogen) atoms. The first-order valence-corrected chi connectivity index (χ1v) is 6.37. The molecule has 0 saturated carbocycles. The number of anilines is 1. The molecule has 0 fully saturated rings. The monoisotopic (exact) mass is 274 g/mol. The van der Waals surface area contributed by atoms with E-state index in [9.17, 15) is 9.59 Å². The highest BCUT2D eigenvalue weighted by molar-refractivity contribution is 6.00. The van der Waals surface area contributed by atoms with Gasteiger partial charge in [0, 0.05) is 16.6 Å². The lowest BCUT2D eigenvalue weighted by molar-refractivity contribution is -0.120. The molecule has 6 nitrogen and oxygen atoms in total. The summed E-state index contributed by atoms with van der Waals surface area (Å²) in [4.78, 5) is 26.4. The lowest BCUT2D eigenvalue weighted by atomic mass is 10.0. The minimum atomic E-state index is -0.695. The second-order valence-corrected chi connectivity index (χ2v) is 5.13. The largest absolute Gasteiger partial charge is 0.399 e. The number of hydrogen-bond donors (Lipinski definition) is 4. The Morgan fingerprint density at radius 3 is 2.55 bits per heavy atom. The van der Waals surface area contributed by atoms with Crippen LogP contribution in [0.15, 0.2) is 24.3 Å². The molecule has 0 aliphatic heterocycles. The highest BCUT2D eigenvalue weighted by atomic mass is 16.2. The maximum atomic E-state index is 12.1. The molecule has 0 bridgehead atoms. The van der Waals surface area contributed by atoms with Crippen molar-refractivity contribution in [2.45, 2.75) is 19.9 Å². The van der Waals surface area contributed by atoms with Crippen LogP contribution in [0.2, 0.25) is 0 Å². The van der Waals surface area contributed by atoms with Crippen LogP contribution in [-0.4, -0.2) is 22.8 Å². The summed E-state index contributed by atoms with van der Waals surface area (Å²) in [5.41, 5.74) is 12.8. The molecule has 0 radical (unpaired) electrons. The molecule has 2 rings (SSSR count). The normalized spacial score (nSPS) is 12.6. The summed E-state index contributed by atoms with van der Waals surface area (Å²) in [6.45, 7) is 3.64. The van der Waals surface area contributed by atoms with Crippen molar-refractivity contribution in [3.8, 4) is 0 Å². The number of carbonyl (C=O) groups is 2. The van der Waals surface area contributed by atoms with Crippen molar-refractivity contribution in [2.75, 3.05) is 5.73 Å². The van der Waals surface area contributed by atoms with Crippen molar-refractivity contribution >= 4 is 28.4 Å². The zero-order valence-corrected chi connectivity index (χ0v) is 11.4. The van der Waals surface area contributed by atoms with E-state index in [0.717, 1.165) is 10.9 Å². The van der Waals surface area contributed by atoms with E-state index in [2.05, 4.69) is 10.3 Å². The fourth-order valence-electron chi connectivity index (χ4n) is 2.06. The van der Waals surface area contributed by atoms with Crippen LogP contribution in [0, 0.1) is 5.92 Å². The van der Waals surface area contributed by atoms with Crippen LogP contribution in [0.5, 0.6) is 0 Å². The summed E-state index contributed by atoms with van der Waals surface area (Å²) in [7, 11) is 0. The third kappa shape index (κ3) is 2.74. The van der Waals surface area contributed by atoms with Gasteiger partial charge in [0.1, 0.15) is 11.7 Å². The molecule has 0 aliphatic carbocycles. The molecule has 6 N–H and O–H groups in total. The Labute approximate surface area is 116 Å². The predicted octanol–water partition coefficient (Wildman–Crippen LogP) is 0.990. The van der Waals surface area contributed by atoms with Gasteiger partial charge in [0.15, 0.2) is 0 Å². The number of amides is 2. The molecule has 2 amide bonds. The first-order chi connectivity index (χ1) is 9.38. The number of nitrogens with two attached hydrogens (primary N) is 2. The van der Waals surface area contributed by atoms with E-state index in [-0.39, 0.29) is 11.8 Å². The van der Waals surface area contributed by atoms with E-state index in [4.69, 9.17) is 11.5 Å². The maximum absolute atomic E-state index is 12.1. The van der Waals surface area contributed by atoms with Crippen LogP contribution in [0.3, 0.4) is 0 Å². The van der Waals surface area contributed by atoms with E-state index in [1.54, 1.807) is 24.3 Å². The van der Waals surface area contributed by atoms with Crippen LogP contribution >= 0.6 is 0 Å². The van der Waals surface area contributed by atoms with Crippen molar-refractivity contribution < 1.29 is 9.59 Å². The average molecular weight is 274 g/mol. The van der Waals surface area contributed by atoms with Gasteiger partial charge in [-0.3, -0.25) is 9.59 Å². The van der Waals surface area contributed by atoms with Crippen molar-refractivity contribution in [1.82, 2.24) is 10.3 Å². The van der Waals surface area contributed by atoms with E-state index in [1.807, 2.05) is 13.8 Å². The summed E-state index contributed by atoms with van der Waals surface area (Å²) in [5.74, 6) is -0.984. The van der Waals surface area contributed by atoms with Gasteiger partial charge in [-0.05, 0) is 30.2 Å². The predicted molar refractivity (Wildman–Crippen MR) is 78.0 cm³/mol. The Hall–Kier alpha value is -2.50. The highest BCUT2D eigenvalue weighted by Gasteiger charge is 2.22. The molecule has 1 atom stereocenters. The van der Waals surface area contributed by atoms with E-state index in [0.29, 0.717) is 11.4 Å². The number of primary amides is 1. The Kier molecular flexibility index (Phi) is 3.65. The molecule has 1 aromatic heterocycles. The Morgan fingerprint density at radius 2 is 1.95 bits per heavy atom. The lowest BCUT2D eigenvalue weighted by Gasteiger charge is -2.18. The van der Waals surface area contributed by atoms with Crippen molar-refractivity contribution in [3.63, 3.8) is 0 Å². The summed E-state index contributed by atoms with van der Waals surface area (Å²) in [6.07, 6.45) is 0. The zero-order chi connectivity index (χ0) is 14.9. The minimum absolute atomic E-state index is 0.0727. The first-order valence-electron chi connectivity index (χ1n) is 6.37. The van der Waals surface area contributed by atoms with Crippen LogP contribution in [0.4, 0.5) is 5.69 Å². The SMILES string of the molecule is CC(C)C(NC(=O)c1cc2cc(N)ccc2[nH]1)C(N)=O. The fraction of sp³-hybridized carbons (Fsp3) is 0.286. The van der Waals surface area contributed by atoms with Gasteiger partial charge in [0.25, 0.3) is 5.91 Å². The van der Waals surface area contributed by atoms with E-state index < -0.39 is 11.9 Å². The fourth-order valence-corrected chi connectivity index (χ4v) is 2.06. The lowest BCUT2D eigenvalue weighted by Crippen LogP contribution is -2.47. The number of fused-ring (bicyclic) bond motifs is 1. The number of benzene rings is 1. The van der Waals surface area contributed by atoms with Gasteiger partial charge < -0.3 is 21.8 Å². The van der Waals surface area contributed by atoms with E-state index in [1.165, 1.54) is 0 Å². The second kappa shape index (κ2) is 5.24. The first kappa shape index (κ1) is 13.9. The van der Waals surface area contributed by atoms with Crippen molar-refractivity contribution in [1.29, 1.82) is 0 Å². The van der Waals surface area contributed by atoms with Crippen molar-refractivity contribution in [3.05, 3.63) is 30.0 Å². The summed E-state index contributed by atoms with van der Waals surface area (Å²) in [5, 5.41) is 3.47. The summed E-state index contributed by atoms with van der Waals surface area (Å²) in [6, 6.07) is 6.32. The van der Waals surface area contributed by atoms with Crippen LogP contribution in [-0.2, 0) is 4.79 Å². The number of hydrogen-bond acceptors (Lipinski definition) is 3. The van der Waals surface area contributed by atoms with Gasteiger partial charge in [0.05, 0.1) is 0 Å². The standard InChI is InChI=1S/C14H18N4O2/c1-7(2)12(13(16)19)18-14(20)11-6-8-5-9(15)3-4-10(8)17-11/h3-7,12,17H,15H2,1-2H3,(H2,16,19)(H,18,20). The van der Waals surface area contributed by atoms with Gasteiger partial charge in [-0.1, -0.05) is 13.8 Å². The molecule has 106 valence electrons. The smallest absolute Gasteiger partial charge is 0.268 e. The molecule has 6 heteroatoms. The molecular weight excluding hydrogens is 256 g/mol. The van der Waals surface area contributed by atoms with Gasteiger partial charge in [-0.25, -0.2) is 0 Å². The minimum Gasteiger partial charge on any atom is -0.399 e. The maximum Gasteiger partial charge on any atom is 0.268 e. The number of aromatic nitrogens is 1. The molecule has 0 aliphatic rings. The van der Waals surface area contributed by atoms with Crippen LogP contribution in [0.25, 0.3) is 10.9 Å². The van der Waals surface area contributed by atoms with Crippen LogP contribution < -0.4 is 16.8 Å². The van der Waals surface area contributed by atoms with Crippen molar-refractivity contribution in [2.24, 2.45) is 11.7 Å². The van der Waals surface area contributed by atoms with Gasteiger partial charge >= 0.3 is 0 Å². The Morgan fingerprint density at radius 1 is 1.25 bits per heavy atom. The van der Waals surface area contributed by atoms with Gasteiger partial charge in [-0.2, -0.15) is 0 Å². The van der Waals surface area contributed by atoms with Crippen LogP contribution in [0.1, 0.15) is 24.3 Å². The molecular formula is C14H18N4O2. The molecule has 0 saturated heterocycles. The topological polar surface area (TPSA) is 114 Å². The molecule has 1 heterocycles. The number of nitrogen functional groups attached to an aromatic ring is 1. The highest BCUT2D eigenvalue weighted by Crippen LogP contribution is 2.18. The number of aromatic amines is 1. The Bertz CT molecular complexity index is 660.